The van der Waals surface area contributed by atoms with Crippen LogP contribution in [0.1, 0.15) is 33.0 Å². The number of pyridine rings is 1. The molecule has 196 valence electrons. The van der Waals surface area contributed by atoms with Crippen LogP contribution in [0.15, 0.2) is 86.0 Å². The Morgan fingerprint density at radius 1 is 1.10 bits per heavy atom. The minimum atomic E-state index is -0.183. The highest BCUT2D eigenvalue weighted by atomic mass is 16.2. The molecular formula is C31H26N8O. The van der Waals surface area contributed by atoms with Crippen LogP contribution >= 0.6 is 0 Å². The van der Waals surface area contributed by atoms with Crippen molar-refractivity contribution >= 4 is 29.3 Å². The van der Waals surface area contributed by atoms with Gasteiger partial charge in [-0.25, -0.2) is 15.0 Å². The van der Waals surface area contributed by atoms with Gasteiger partial charge in [0.2, 0.25) is 5.95 Å². The molecule has 5 rings (SSSR count). The fourth-order valence-electron chi connectivity index (χ4n) is 4.29. The zero-order valence-electron chi connectivity index (χ0n) is 22.3. The summed E-state index contributed by atoms with van der Waals surface area (Å²) in [6, 6.07) is 18.9. The second-order valence-electron chi connectivity index (χ2n) is 9.22. The normalized spacial score (nSPS) is 10.6. The number of benzene rings is 2. The van der Waals surface area contributed by atoms with Crippen LogP contribution in [-0.2, 0) is 0 Å². The van der Waals surface area contributed by atoms with Crippen LogP contribution in [-0.4, -0.2) is 37.5 Å². The van der Waals surface area contributed by atoms with Crippen LogP contribution < -0.4 is 10.2 Å². The first-order chi connectivity index (χ1) is 19.4. The molecule has 0 radical (unpaired) electrons. The lowest BCUT2D eigenvalue weighted by Crippen LogP contribution is -2.26. The van der Waals surface area contributed by atoms with E-state index in [4.69, 9.17) is 0 Å². The summed E-state index contributed by atoms with van der Waals surface area (Å²) in [5.41, 5.74) is 6.51. The first-order valence-corrected chi connectivity index (χ1v) is 12.5. The Morgan fingerprint density at radius 2 is 1.95 bits per heavy atom. The van der Waals surface area contributed by atoms with E-state index in [1.54, 1.807) is 59.5 Å². The Hall–Kier alpha value is -5.62. The molecule has 0 saturated heterocycles. The quantitative estimate of drug-likeness (QED) is 0.282. The van der Waals surface area contributed by atoms with Crippen molar-refractivity contribution in [2.24, 2.45) is 0 Å². The third-order valence-electron chi connectivity index (χ3n) is 6.39. The molecule has 0 atom stereocenters. The van der Waals surface area contributed by atoms with Gasteiger partial charge in [-0.1, -0.05) is 12.6 Å². The Morgan fingerprint density at radius 3 is 2.70 bits per heavy atom. The van der Waals surface area contributed by atoms with Crippen LogP contribution in [0.25, 0.3) is 23.0 Å². The van der Waals surface area contributed by atoms with Crippen molar-refractivity contribution < 1.29 is 4.79 Å². The third kappa shape index (κ3) is 5.33. The number of rotatable bonds is 7. The number of aromatic nitrogens is 5. The lowest BCUT2D eigenvalue weighted by Gasteiger charge is -2.20. The molecule has 3 heterocycles. The summed E-state index contributed by atoms with van der Waals surface area (Å²) in [7, 11) is 1.73. The maximum atomic E-state index is 13.6. The van der Waals surface area contributed by atoms with Gasteiger partial charge in [-0.3, -0.25) is 14.3 Å². The van der Waals surface area contributed by atoms with Gasteiger partial charge in [0.1, 0.15) is 11.9 Å². The summed E-state index contributed by atoms with van der Waals surface area (Å²) in [4.78, 5) is 32.6. The van der Waals surface area contributed by atoms with Crippen molar-refractivity contribution in [1.82, 2.24) is 24.5 Å². The number of anilines is 3. The lowest BCUT2D eigenvalue weighted by atomic mass is 10.1. The Kier molecular flexibility index (Phi) is 7.16. The van der Waals surface area contributed by atoms with Crippen molar-refractivity contribution in [1.29, 1.82) is 5.26 Å². The summed E-state index contributed by atoms with van der Waals surface area (Å²) in [5.74, 6) is 0.781. The van der Waals surface area contributed by atoms with Crippen LogP contribution in [0.3, 0.4) is 0 Å². The largest absolute Gasteiger partial charge is 0.324 e. The molecule has 0 aliphatic heterocycles. The number of hydrogen-bond donors (Lipinski definition) is 1. The number of carbonyl (C=O) groups excluding carboxylic acids is 1. The summed E-state index contributed by atoms with van der Waals surface area (Å²) >= 11 is 0. The topological polar surface area (TPSA) is 113 Å². The Bertz CT molecular complexity index is 1770. The van der Waals surface area contributed by atoms with Gasteiger partial charge in [0.15, 0.2) is 5.69 Å². The van der Waals surface area contributed by atoms with E-state index in [1.807, 2.05) is 56.3 Å². The zero-order chi connectivity index (χ0) is 28.2. The number of aryl methyl sites for hydroxylation is 2. The summed E-state index contributed by atoms with van der Waals surface area (Å²) < 4.78 is 1.79. The average molecular weight is 527 g/mol. The van der Waals surface area contributed by atoms with E-state index >= 15 is 0 Å². The van der Waals surface area contributed by atoms with E-state index in [-0.39, 0.29) is 11.6 Å². The maximum Gasteiger partial charge on any atom is 0.258 e. The number of carbonyl (C=O) groups is 1. The molecule has 0 saturated carbocycles. The van der Waals surface area contributed by atoms with Crippen molar-refractivity contribution in [2.45, 2.75) is 13.8 Å². The van der Waals surface area contributed by atoms with E-state index < -0.39 is 0 Å². The highest BCUT2D eigenvalue weighted by Crippen LogP contribution is 2.26. The second kappa shape index (κ2) is 11.0. The van der Waals surface area contributed by atoms with Crippen molar-refractivity contribution in [3.05, 3.63) is 114 Å². The number of nitriles is 1. The highest BCUT2D eigenvalue weighted by Gasteiger charge is 2.17. The molecule has 0 aliphatic carbocycles. The molecule has 1 amide bonds. The minimum absolute atomic E-state index is 0.183. The van der Waals surface area contributed by atoms with Gasteiger partial charge in [0.05, 0.1) is 5.69 Å². The lowest BCUT2D eigenvalue weighted by molar-refractivity contribution is 0.0993. The molecule has 9 heteroatoms. The SMILES string of the molecule is C=Cc1nc(C#N)cn1-c1cc(C)cc(N(C)C(=O)c2ccc(C)c(Nc3nccc(-c4cccnc4)n3)c2)c1. The molecule has 0 fully saturated rings. The molecule has 40 heavy (non-hydrogen) atoms. The number of amides is 1. The molecule has 2 aromatic carbocycles. The van der Waals surface area contributed by atoms with Gasteiger partial charge in [-0.2, -0.15) is 5.26 Å². The number of nitrogens with one attached hydrogen (secondary N) is 1. The first-order valence-electron chi connectivity index (χ1n) is 12.5. The zero-order valence-corrected chi connectivity index (χ0v) is 22.3. The van der Waals surface area contributed by atoms with Gasteiger partial charge < -0.3 is 10.2 Å². The standard InChI is InChI=1S/C31H26N8O/c1-5-29-35-24(17-32)19-39(29)26-14-20(2)13-25(16-26)38(4)30(40)22-9-8-21(3)28(15-22)37-31-34-12-10-27(36-31)23-7-6-11-33-18-23/h5-16,18-19H,1H2,2-4H3,(H,34,36,37). The van der Waals surface area contributed by atoms with Crippen LogP contribution in [0.2, 0.25) is 0 Å². The summed E-state index contributed by atoms with van der Waals surface area (Å²) in [6.07, 6.45) is 8.39. The smallest absolute Gasteiger partial charge is 0.258 e. The molecule has 0 aliphatic rings. The minimum Gasteiger partial charge on any atom is -0.324 e. The first kappa shape index (κ1) is 26.0. The fraction of sp³-hybridized carbons (Fsp3) is 0.0968. The van der Waals surface area contributed by atoms with E-state index in [9.17, 15) is 10.1 Å². The van der Waals surface area contributed by atoms with Gasteiger partial charge >= 0.3 is 0 Å². The molecule has 1 N–H and O–H groups in total. The number of imidazole rings is 1. The fourth-order valence-corrected chi connectivity index (χ4v) is 4.29. The molecule has 0 unspecified atom stereocenters. The van der Waals surface area contributed by atoms with E-state index in [0.29, 0.717) is 23.0 Å². The highest BCUT2D eigenvalue weighted by molar-refractivity contribution is 6.06. The van der Waals surface area contributed by atoms with E-state index in [0.717, 1.165) is 33.8 Å². The average Bonchev–Trinajstić information content (AvgIpc) is 3.42. The molecule has 0 spiro atoms. The number of hydrogen-bond acceptors (Lipinski definition) is 7. The molecule has 0 bridgehead atoms. The Labute approximate surface area is 232 Å². The molecule has 9 nitrogen and oxygen atoms in total. The molecule has 3 aromatic heterocycles. The van der Waals surface area contributed by atoms with E-state index in [1.165, 1.54) is 0 Å². The van der Waals surface area contributed by atoms with Gasteiger partial charge in [-0.15, -0.1) is 0 Å². The van der Waals surface area contributed by atoms with Crippen LogP contribution in [0.4, 0.5) is 17.3 Å². The van der Waals surface area contributed by atoms with Gasteiger partial charge in [0.25, 0.3) is 5.91 Å². The monoisotopic (exact) mass is 526 g/mol. The van der Waals surface area contributed by atoms with Crippen molar-refractivity contribution in [3.8, 4) is 23.0 Å². The third-order valence-corrected chi connectivity index (χ3v) is 6.39. The maximum absolute atomic E-state index is 13.6. The predicted octanol–water partition coefficient (Wildman–Crippen LogP) is 5.88. The van der Waals surface area contributed by atoms with Crippen molar-refractivity contribution in [2.75, 3.05) is 17.3 Å². The van der Waals surface area contributed by atoms with Crippen LogP contribution in [0.5, 0.6) is 0 Å². The van der Waals surface area contributed by atoms with E-state index in [2.05, 4.69) is 37.9 Å². The van der Waals surface area contributed by atoms with Gasteiger partial charge in [0, 0.05) is 60.0 Å². The molecule has 5 aromatic rings. The number of nitrogens with zero attached hydrogens (tertiary/aromatic N) is 7. The van der Waals surface area contributed by atoms with Crippen LogP contribution in [0, 0.1) is 25.2 Å². The van der Waals surface area contributed by atoms with Crippen molar-refractivity contribution in [3.63, 3.8) is 0 Å². The summed E-state index contributed by atoms with van der Waals surface area (Å²) in [5, 5.41) is 12.5. The van der Waals surface area contributed by atoms with Gasteiger partial charge in [-0.05, 0) is 79.6 Å². The molecular weight excluding hydrogens is 500 g/mol. The second-order valence-corrected chi connectivity index (χ2v) is 9.22. The predicted molar refractivity (Wildman–Crippen MR) is 156 cm³/mol. The Balaban J connectivity index is 1.42. The summed E-state index contributed by atoms with van der Waals surface area (Å²) in [6.45, 7) is 7.71.